The molecule has 6 nitrogen and oxygen atoms in total. The van der Waals surface area contributed by atoms with E-state index in [9.17, 15) is 46.1 Å². The maximum absolute atomic E-state index is 14.0. The van der Waals surface area contributed by atoms with Crippen molar-refractivity contribution in [2.75, 3.05) is 0 Å². The fourth-order valence-electron chi connectivity index (χ4n) is 7.19. The Morgan fingerprint density at radius 3 is 1.95 bits per heavy atom. The summed E-state index contributed by atoms with van der Waals surface area (Å²) >= 11 is 0. The lowest BCUT2D eigenvalue weighted by Gasteiger charge is -2.38. The van der Waals surface area contributed by atoms with Gasteiger partial charge in [-0.3, -0.25) is 9.97 Å². The van der Waals surface area contributed by atoms with Crippen molar-refractivity contribution < 1.29 is 46.1 Å². The van der Waals surface area contributed by atoms with Gasteiger partial charge in [-0.05, 0) is 77.3 Å². The van der Waals surface area contributed by atoms with Gasteiger partial charge in [-0.1, -0.05) is 76.2 Å². The van der Waals surface area contributed by atoms with E-state index in [-0.39, 0.29) is 17.0 Å². The van der Waals surface area contributed by atoms with Gasteiger partial charge in [0.05, 0.1) is 17.2 Å². The fourth-order valence-corrected chi connectivity index (χ4v) is 7.19. The van der Waals surface area contributed by atoms with Gasteiger partial charge in [0.2, 0.25) is 0 Å². The minimum atomic E-state index is -4.94. The average molecular weight is 770 g/mol. The number of phenols is 1. The topological polar surface area (TPSA) is 102 Å². The highest BCUT2D eigenvalue weighted by molar-refractivity contribution is 5.82. The molecule has 13 heteroatoms. The lowest BCUT2D eigenvalue weighted by atomic mass is 9.73. The van der Waals surface area contributed by atoms with Gasteiger partial charge in [0, 0.05) is 47.3 Å². The zero-order valence-electron chi connectivity index (χ0n) is 30.6. The maximum Gasteiger partial charge on any atom is 0.417 e. The molecule has 2 atom stereocenters. The number of halogens is 7. The average Bonchev–Trinajstić information content (AvgIpc) is 3.51. The molecule has 0 radical (unpaired) electrons. The van der Waals surface area contributed by atoms with E-state index >= 15 is 0 Å². The normalized spacial score (nSPS) is 14.9. The number of alkyl halides is 6. The van der Waals surface area contributed by atoms with Crippen molar-refractivity contribution in [2.24, 2.45) is 0 Å². The minimum Gasteiger partial charge on any atom is -0.508 e. The van der Waals surface area contributed by atoms with E-state index in [0.29, 0.717) is 27.4 Å². The summed E-state index contributed by atoms with van der Waals surface area (Å²) in [5.74, 6) is -1.01. The third kappa shape index (κ3) is 9.28. The van der Waals surface area contributed by atoms with Crippen molar-refractivity contribution in [1.29, 1.82) is 0 Å². The molecule has 0 aliphatic carbocycles. The number of phenolic OH excluding ortho intramolecular Hbond substituents is 1. The third-order valence-electron chi connectivity index (χ3n) is 9.95. The van der Waals surface area contributed by atoms with Crippen LogP contribution in [-0.4, -0.2) is 53.8 Å². The Balaban J connectivity index is 0.000000211. The fraction of sp³-hybridized carbons (Fsp3) is 0.333. The lowest BCUT2D eigenvalue weighted by Crippen LogP contribution is -2.50. The number of aromatic hydroxyl groups is 1. The Morgan fingerprint density at radius 2 is 1.29 bits per heavy atom. The van der Waals surface area contributed by atoms with Crippen LogP contribution in [0.1, 0.15) is 62.9 Å². The second kappa shape index (κ2) is 15.3. The second-order valence-electron chi connectivity index (χ2n) is 15.3. The first-order valence-electron chi connectivity index (χ1n) is 17.4. The van der Waals surface area contributed by atoms with Crippen molar-refractivity contribution in [3.8, 4) is 5.75 Å². The first-order valence-corrected chi connectivity index (χ1v) is 17.4. The molecule has 0 spiro atoms. The summed E-state index contributed by atoms with van der Waals surface area (Å²) in [5.41, 5.74) is -5.60. The van der Waals surface area contributed by atoms with Crippen LogP contribution >= 0.6 is 0 Å². The molecule has 0 aliphatic heterocycles. The van der Waals surface area contributed by atoms with Gasteiger partial charge < -0.3 is 20.3 Å². The van der Waals surface area contributed by atoms with Crippen LogP contribution in [0.2, 0.25) is 0 Å². The van der Waals surface area contributed by atoms with Gasteiger partial charge in [-0.15, -0.1) is 0 Å². The van der Waals surface area contributed by atoms with Gasteiger partial charge in [0.15, 0.2) is 11.2 Å². The first kappa shape index (κ1) is 41.2. The van der Waals surface area contributed by atoms with Crippen LogP contribution in [0.5, 0.6) is 5.75 Å². The minimum absolute atomic E-state index is 0.00368. The highest BCUT2D eigenvalue weighted by Gasteiger charge is 2.57. The van der Waals surface area contributed by atoms with E-state index in [0.717, 1.165) is 23.8 Å². The van der Waals surface area contributed by atoms with E-state index < -0.39 is 65.9 Å². The van der Waals surface area contributed by atoms with E-state index in [2.05, 4.69) is 15.0 Å². The molecule has 292 valence electrons. The van der Waals surface area contributed by atoms with E-state index in [1.165, 1.54) is 38.5 Å². The molecule has 0 amide bonds. The van der Waals surface area contributed by atoms with Gasteiger partial charge in [0.25, 0.3) is 0 Å². The van der Waals surface area contributed by atoms with Crippen molar-refractivity contribution in [1.82, 2.24) is 15.0 Å². The third-order valence-corrected chi connectivity index (χ3v) is 9.95. The molecule has 0 saturated heterocycles. The van der Waals surface area contributed by atoms with Crippen molar-refractivity contribution >= 4 is 21.8 Å². The molecular formula is C42H42F7N3O3. The lowest BCUT2D eigenvalue weighted by molar-refractivity contribution is -0.266. The molecule has 2 unspecified atom stereocenters. The summed E-state index contributed by atoms with van der Waals surface area (Å²) in [6, 6.07) is 23.8. The van der Waals surface area contributed by atoms with Gasteiger partial charge in [-0.2, -0.15) is 26.3 Å². The molecule has 3 aromatic heterocycles. The zero-order valence-corrected chi connectivity index (χ0v) is 30.6. The zero-order chi connectivity index (χ0) is 40.5. The Morgan fingerprint density at radius 1 is 0.673 bits per heavy atom. The predicted molar refractivity (Wildman–Crippen MR) is 197 cm³/mol. The summed E-state index contributed by atoms with van der Waals surface area (Å²) in [5, 5.41) is 32.8. The Labute approximate surface area is 313 Å². The highest BCUT2D eigenvalue weighted by atomic mass is 19.4. The number of H-pyrrole nitrogens is 1. The van der Waals surface area contributed by atoms with Crippen LogP contribution in [0.25, 0.3) is 21.8 Å². The van der Waals surface area contributed by atoms with Crippen LogP contribution in [0.3, 0.4) is 0 Å². The molecule has 0 bridgehead atoms. The number of para-hydroxylation sites is 1. The summed E-state index contributed by atoms with van der Waals surface area (Å²) in [6.45, 7) is 6.30. The Kier molecular flexibility index (Phi) is 11.4. The molecule has 3 heterocycles. The summed E-state index contributed by atoms with van der Waals surface area (Å²) in [4.78, 5) is 10.9. The number of aromatic amines is 1. The molecule has 6 aromatic rings. The number of hydrogen-bond acceptors (Lipinski definition) is 5. The molecule has 55 heavy (non-hydrogen) atoms. The molecule has 4 N–H and O–H groups in total. The molecule has 3 aromatic carbocycles. The van der Waals surface area contributed by atoms with Gasteiger partial charge >= 0.3 is 12.4 Å². The highest BCUT2D eigenvalue weighted by Crippen LogP contribution is 2.46. The summed E-state index contributed by atoms with van der Waals surface area (Å²) in [6.07, 6.45) is -7.66. The molecule has 0 aliphatic rings. The Hall–Kier alpha value is -5.01. The van der Waals surface area contributed by atoms with Crippen molar-refractivity contribution in [2.45, 2.75) is 87.8 Å². The van der Waals surface area contributed by atoms with E-state index in [1.54, 1.807) is 74.5 Å². The summed E-state index contributed by atoms with van der Waals surface area (Å²) in [7, 11) is 0. The van der Waals surface area contributed by atoms with Crippen LogP contribution in [-0.2, 0) is 23.7 Å². The number of pyridine rings is 2. The number of rotatable bonds is 10. The van der Waals surface area contributed by atoms with Crippen molar-refractivity contribution in [3.05, 3.63) is 138 Å². The summed E-state index contributed by atoms with van der Waals surface area (Å²) < 4.78 is 97.1. The number of benzene rings is 3. The largest absolute Gasteiger partial charge is 0.508 e. The smallest absolute Gasteiger partial charge is 0.417 e. The van der Waals surface area contributed by atoms with Crippen molar-refractivity contribution in [3.63, 3.8) is 0 Å². The van der Waals surface area contributed by atoms with Crippen LogP contribution in [0.4, 0.5) is 30.7 Å². The maximum atomic E-state index is 14.0. The quantitative estimate of drug-likeness (QED) is 0.104. The first-order chi connectivity index (χ1) is 25.5. The van der Waals surface area contributed by atoms with Crippen LogP contribution < -0.4 is 0 Å². The molecule has 0 fully saturated rings. The molecule has 6 rings (SSSR count). The molecular weight excluding hydrogens is 727 g/mol. The number of hydrogen-bond donors (Lipinski definition) is 4. The SMILES string of the molecule is CC(C)(CC(O)(Cc1cc2ccncc2[nH]1)C(F)(F)F)c1cc(F)ccc1O.CC(C)(CC(O)(Cc1ccnc2ccccc12)C(F)(F)F)c1ccccc1. The van der Waals surface area contributed by atoms with E-state index in [4.69, 9.17) is 0 Å². The molecule has 0 saturated carbocycles. The number of nitrogens with one attached hydrogen (secondary N) is 1. The Bertz CT molecular complexity index is 2200. The van der Waals surface area contributed by atoms with E-state index in [1.807, 2.05) is 6.07 Å². The number of aromatic nitrogens is 3. The number of fused-ring (bicyclic) bond motifs is 2. The monoisotopic (exact) mass is 769 g/mol. The van der Waals surface area contributed by atoms with Gasteiger partial charge in [0.1, 0.15) is 11.6 Å². The number of aliphatic hydroxyl groups is 2. The van der Waals surface area contributed by atoms with Crippen LogP contribution in [0, 0.1) is 5.82 Å². The second-order valence-corrected chi connectivity index (χ2v) is 15.3. The standard InChI is InChI=1S/C22H22F3NO.C20H20F4N2O2/c1-20(2,17-8-4-3-5-9-17)15-21(27,22(23,24)25)14-16-12-13-26-19-11-7-6-10-18(16)19;1-18(2,15-8-13(21)3-4-17(15)27)11-19(28,20(22,23)24)9-14-7-12-5-6-25-10-16(12)26-14/h3-13,27H,14-15H2,1-2H3;3-8,10,26-28H,9,11H2,1-2H3. The predicted octanol–water partition coefficient (Wildman–Crippen LogP) is 10.0. The van der Waals surface area contributed by atoms with Gasteiger partial charge in [-0.25, -0.2) is 4.39 Å². The van der Waals surface area contributed by atoms with Crippen LogP contribution in [0.15, 0.2) is 110 Å². The number of nitrogens with zero attached hydrogens (tertiary/aromatic N) is 2.